The van der Waals surface area contributed by atoms with Gasteiger partial charge in [-0.25, -0.2) is 17.4 Å². The number of sulfonamides is 2. The van der Waals surface area contributed by atoms with E-state index in [1.807, 2.05) is 0 Å². The van der Waals surface area contributed by atoms with Crippen molar-refractivity contribution in [2.24, 2.45) is 0 Å². The lowest BCUT2D eigenvalue weighted by Gasteiger charge is -2.38. The molecule has 0 aromatic rings. The van der Waals surface area contributed by atoms with Gasteiger partial charge in [0, 0.05) is 13.0 Å². The molecule has 0 bridgehead atoms. The Morgan fingerprint density at radius 1 is 0.960 bits per heavy atom. The van der Waals surface area contributed by atoms with Gasteiger partial charge in [-0.1, -0.05) is 12.8 Å². The number of nitrogens with one attached hydrogen (secondary N) is 1. The highest BCUT2D eigenvalue weighted by molar-refractivity contribution is 7.90. The van der Waals surface area contributed by atoms with Crippen molar-refractivity contribution in [1.82, 2.24) is 9.03 Å². The van der Waals surface area contributed by atoms with E-state index < -0.39 is 59.8 Å². The fourth-order valence-corrected chi connectivity index (χ4v) is 4.47. The van der Waals surface area contributed by atoms with Gasteiger partial charge in [0.2, 0.25) is 5.91 Å². The van der Waals surface area contributed by atoms with Gasteiger partial charge >= 0.3 is 31.1 Å². The predicted octanol–water partition coefficient (Wildman–Crippen LogP) is 1.43. The first-order valence-corrected chi connectivity index (χ1v) is 9.64. The molecule has 0 heterocycles. The van der Waals surface area contributed by atoms with E-state index >= 15 is 0 Å². The summed E-state index contributed by atoms with van der Waals surface area (Å²) < 4.78 is 122. The third kappa shape index (κ3) is 4.55. The Kier molecular flexibility index (Phi) is 6.06. The standard InChI is InChI=1S/C10H14F6N2O5S2/c1-6(19)18(25(22,23)10(14,15)16)8-5-3-2-4-7(8)17-24(20,21)9(11,12)13/h7-8,17H,2-5H2,1H3/t7-,8?/m1/s1. The summed E-state index contributed by atoms with van der Waals surface area (Å²) in [6, 6.07) is -3.75. The predicted molar refractivity (Wildman–Crippen MR) is 71.6 cm³/mol. The molecule has 1 aliphatic rings. The number of carbonyl (C=O) groups is 1. The smallest absolute Gasteiger partial charge is 0.274 e. The molecule has 0 aromatic carbocycles. The zero-order valence-corrected chi connectivity index (χ0v) is 14.2. The van der Waals surface area contributed by atoms with Crippen molar-refractivity contribution >= 4 is 26.0 Å². The van der Waals surface area contributed by atoms with E-state index in [9.17, 15) is 48.0 Å². The summed E-state index contributed by atoms with van der Waals surface area (Å²) in [5.74, 6) is -1.58. The van der Waals surface area contributed by atoms with Gasteiger partial charge in [-0.2, -0.15) is 34.8 Å². The van der Waals surface area contributed by atoms with Crippen LogP contribution in [0.1, 0.15) is 32.6 Å². The maximum absolute atomic E-state index is 12.8. The van der Waals surface area contributed by atoms with Crippen LogP contribution in [0, 0.1) is 0 Å². The topological polar surface area (TPSA) is 101 Å². The Bertz CT molecular complexity index is 715. The highest BCUT2D eigenvalue weighted by Gasteiger charge is 2.55. The minimum absolute atomic E-state index is 0.103. The maximum atomic E-state index is 12.8. The summed E-state index contributed by atoms with van der Waals surface area (Å²) in [7, 11) is -12.1. The summed E-state index contributed by atoms with van der Waals surface area (Å²) in [4.78, 5) is 11.5. The largest absolute Gasteiger partial charge is 0.516 e. The lowest BCUT2D eigenvalue weighted by Crippen LogP contribution is -2.59. The average molecular weight is 420 g/mol. The SMILES string of the molecule is CC(=O)N(C1CCCC[C@H]1NS(=O)(=O)C(F)(F)F)S(=O)(=O)C(F)(F)F. The Hall–Kier alpha value is -1.09. The third-order valence-corrected chi connectivity index (χ3v) is 6.36. The van der Waals surface area contributed by atoms with Crippen molar-refractivity contribution < 1.29 is 48.0 Å². The van der Waals surface area contributed by atoms with Crippen molar-refractivity contribution in [3.63, 3.8) is 0 Å². The summed E-state index contributed by atoms with van der Waals surface area (Å²) in [5, 5.41) is 0. The molecule has 15 heteroatoms. The average Bonchev–Trinajstić information content (AvgIpc) is 2.37. The van der Waals surface area contributed by atoms with Crippen LogP contribution >= 0.6 is 0 Å². The van der Waals surface area contributed by atoms with Crippen molar-refractivity contribution in [1.29, 1.82) is 0 Å². The first kappa shape index (κ1) is 22.0. The van der Waals surface area contributed by atoms with Gasteiger partial charge in [0.1, 0.15) is 0 Å². The molecule has 0 aromatic heterocycles. The Balaban J connectivity index is 3.31. The molecule has 1 N–H and O–H groups in total. The molecule has 1 aliphatic carbocycles. The normalized spacial score (nSPS) is 23.3. The van der Waals surface area contributed by atoms with E-state index in [1.54, 1.807) is 0 Å². The van der Waals surface area contributed by atoms with Gasteiger partial charge in [-0.3, -0.25) is 4.79 Å². The van der Waals surface area contributed by atoms with E-state index in [2.05, 4.69) is 0 Å². The number of hydrogen-bond acceptors (Lipinski definition) is 5. The molecule has 2 atom stereocenters. The molecule has 0 spiro atoms. The van der Waals surface area contributed by atoms with Gasteiger partial charge < -0.3 is 0 Å². The Morgan fingerprint density at radius 3 is 1.84 bits per heavy atom. The van der Waals surface area contributed by atoms with Crippen molar-refractivity contribution in [3.05, 3.63) is 0 Å². The van der Waals surface area contributed by atoms with Crippen molar-refractivity contribution in [3.8, 4) is 0 Å². The molecule has 1 fully saturated rings. The van der Waals surface area contributed by atoms with E-state index in [0.29, 0.717) is 6.92 Å². The van der Waals surface area contributed by atoms with Crippen LogP contribution in [0.3, 0.4) is 0 Å². The van der Waals surface area contributed by atoms with Crippen molar-refractivity contribution in [2.75, 3.05) is 0 Å². The summed E-state index contributed by atoms with van der Waals surface area (Å²) in [5.41, 5.74) is -11.6. The van der Waals surface area contributed by atoms with Crippen LogP contribution in [0.4, 0.5) is 26.3 Å². The fourth-order valence-electron chi connectivity index (χ4n) is 2.49. The molecule has 1 rings (SSSR count). The van der Waals surface area contributed by atoms with Crippen molar-refractivity contribution in [2.45, 2.75) is 55.7 Å². The van der Waals surface area contributed by atoms with Gasteiger partial charge in [-0.05, 0) is 12.8 Å². The number of nitrogens with zero attached hydrogens (tertiary/aromatic N) is 1. The fraction of sp³-hybridized carbons (Fsp3) is 0.900. The summed E-state index contributed by atoms with van der Waals surface area (Å²) >= 11 is 0. The monoisotopic (exact) mass is 420 g/mol. The second kappa shape index (κ2) is 6.90. The van der Waals surface area contributed by atoms with Crippen LogP contribution < -0.4 is 4.72 Å². The molecular formula is C10H14F6N2O5S2. The molecule has 1 saturated carbocycles. The Labute approximate surface area is 139 Å². The zero-order chi connectivity index (χ0) is 19.8. The first-order chi connectivity index (χ1) is 11.0. The van der Waals surface area contributed by atoms with E-state index in [-0.39, 0.29) is 19.3 Å². The number of carbonyl (C=O) groups excluding carboxylic acids is 1. The van der Waals surface area contributed by atoms with Gasteiger partial charge in [0.15, 0.2) is 0 Å². The van der Waals surface area contributed by atoms with Crippen LogP contribution in [0.15, 0.2) is 0 Å². The lowest BCUT2D eigenvalue weighted by molar-refractivity contribution is -0.128. The van der Waals surface area contributed by atoms with Crippen LogP contribution in [0.5, 0.6) is 0 Å². The summed E-state index contributed by atoms with van der Waals surface area (Å²) in [6.45, 7) is 0.493. The quantitative estimate of drug-likeness (QED) is 0.694. The molecule has 0 saturated heterocycles. The minimum Gasteiger partial charge on any atom is -0.274 e. The highest BCUT2D eigenvalue weighted by atomic mass is 32.2. The molecular weight excluding hydrogens is 406 g/mol. The molecule has 148 valence electrons. The molecule has 25 heavy (non-hydrogen) atoms. The maximum Gasteiger partial charge on any atom is 0.516 e. The molecule has 7 nitrogen and oxygen atoms in total. The van der Waals surface area contributed by atoms with E-state index in [0.717, 1.165) is 0 Å². The molecule has 0 aliphatic heterocycles. The zero-order valence-electron chi connectivity index (χ0n) is 12.6. The van der Waals surface area contributed by atoms with Crippen LogP contribution in [-0.4, -0.2) is 50.1 Å². The molecule has 1 unspecified atom stereocenters. The first-order valence-electron chi connectivity index (χ1n) is 6.72. The minimum atomic E-state index is -6.19. The molecule has 0 radical (unpaired) electrons. The van der Waals surface area contributed by atoms with E-state index in [4.69, 9.17) is 0 Å². The lowest BCUT2D eigenvalue weighted by atomic mass is 9.91. The van der Waals surface area contributed by atoms with Crippen LogP contribution in [0.2, 0.25) is 0 Å². The highest BCUT2D eigenvalue weighted by Crippen LogP contribution is 2.34. The van der Waals surface area contributed by atoms with E-state index in [1.165, 1.54) is 4.72 Å². The number of hydrogen-bond donors (Lipinski definition) is 1. The number of alkyl halides is 6. The second-order valence-electron chi connectivity index (χ2n) is 5.29. The van der Waals surface area contributed by atoms with Crippen LogP contribution in [0.25, 0.3) is 0 Å². The molecule has 1 amide bonds. The van der Waals surface area contributed by atoms with Gasteiger partial charge in [-0.15, -0.1) is 0 Å². The van der Waals surface area contributed by atoms with Gasteiger partial charge in [0.05, 0.1) is 6.04 Å². The number of halogens is 6. The third-order valence-electron chi connectivity index (χ3n) is 3.50. The van der Waals surface area contributed by atoms with Gasteiger partial charge in [0.25, 0.3) is 0 Å². The summed E-state index contributed by atoms with van der Waals surface area (Å²) in [6.07, 6.45) is -0.539. The number of rotatable bonds is 4. The second-order valence-corrected chi connectivity index (χ2v) is 8.80. The Morgan fingerprint density at radius 2 is 1.44 bits per heavy atom. The van der Waals surface area contributed by atoms with Crippen LogP contribution in [-0.2, 0) is 24.8 Å². The number of amides is 1.